The van der Waals surface area contributed by atoms with Gasteiger partial charge < -0.3 is 9.88 Å². The van der Waals surface area contributed by atoms with Crippen LogP contribution in [0, 0.1) is 5.92 Å². The zero-order valence-corrected chi connectivity index (χ0v) is 16.9. The van der Waals surface area contributed by atoms with Gasteiger partial charge in [0.25, 0.3) is 5.56 Å². The van der Waals surface area contributed by atoms with Gasteiger partial charge >= 0.3 is 5.69 Å². The highest BCUT2D eigenvalue weighted by molar-refractivity contribution is 7.99. The Kier molecular flexibility index (Phi) is 6.03. The van der Waals surface area contributed by atoms with E-state index in [1.165, 1.54) is 16.3 Å². The summed E-state index contributed by atoms with van der Waals surface area (Å²) in [6, 6.07) is 9.20. The number of imidazole rings is 1. The van der Waals surface area contributed by atoms with Crippen LogP contribution in [0.25, 0.3) is 11.2 Å². The molecule has 1 aromatic carbocycles. The maximum absolute atomic E-state index is 12.4. The molecule has 3 aromatic rings. The lowest BCUT2D eigenvalue weighted by atomic mass is 10.1. The lowest BCUT2D eigenvalue weighted by Crippen LogP contribution is -2.29. The van der Waals surface area contributed by atoms with Gasteiger partial charge in [-0.15, -0.1) is 0 Å². The number of aromatic nitrogens is 4. The number of anilines is 1. The number of rotatable bonds is 7. The Labute approximate surface area is 166 Å². The molecule has 2 heterocycles. The predicted octanol–water partition coefficient (Wildman–Crippen LogP) is 2.20. The maximum Gasteiger partial charge on any atom is 0.329 e. The van der Waals surface area contributed by atoms with Gasteiger partial charge in [0, 0.05) is 19.3 Å². The topological polar surface area (TPSA) is 102 Å². The summed E-state index contributed by atoms with van der Waals surface area (Å²) >= 11 is 1.25. The van der Waals surface area contributed by atoms with E-state index >= 15 is 0 Å². The smallest absolute Gasteiger partial charge is 0.325 e. The number of fused-ring (bicyclic) bond motifs is 1. The van der Waals surface area contributed by atoms with Crippen LogP contribution in [-0.2, 0) is 18.4 Å². The van der Waals surface area contributed by atoms with E-state index in [1.54, 1.807) is 11.6 Å². The van der Waals surface area contributed by atoms with Crippen molar-refractivity contribution in [1.29, 1.82) is 0 Å². The van der Waals surface area contributed by atoms with Gasteiger partial charge in [0.1, 0.15) is 0 Å². The second kappa shape index (κ2) is 8.47. The Morgan fingerprint density at radius 2 is 1.96 bits per heavy atom. The fraction of sp³-hybridized carbons (Fsp3) is 0.368. The molecular formula is C19H23N5O3S. The predicted molar refractivity (Wildman–Crippen MR) is 111 cm³/mol. The summed E-state index contributed by atoms with van der Waals surface area (Å²) in [5.41, 5.74) is 0.428. The Morgan fingerprint density at radius 3 is 2.64 bits per heavy atom. The second-order valence-corrected chi connectivity index (χ2v) is 7.86. The number of nitrogens with one attached hydrogen (secondary N) is 2. The van der Waals surface area contributed by atoms with Crippen LogP contribution in [0.1, 0.15) is 20.3 Å². The van der Waals surface area contributed by atoms with E-state index in [0.29, 0.717) is 28.8 Å². The van der Waals surface area contributed by atoms with E-state index in [9.17, 15) is 14.4 Å². The van der Waals surface area contributed by atoms with Crippen molar-refractivity contribution in [2.45, 2.75) is 32.0 Å². The van der Waals surface area contributed by atoms with Crippen LogP contribution >= 0.6 is 11.8 Å². The molecule has 0 radical (unpaired) electrons. The molecule has 8 nitrogen and oxygen atoms in total. The van der Waals surface area contributed by atoms with Crippen molar-refractivity contribution >= 4 is 34.5 Å². The fourth-order valence-electron chi connectivity index (χ4n) is 2.77. The van der Waals surface area contributed by atoms with Crippen LogP contribution in [0.4, 0.5) is 5.69 Å². The number of hydrogen-bond donors (Lipinski definition) is 2. The third-order valence-corrected chi connectivity index (χ3v) is 5.27. The van der Waals surface area contributed by atoms with Gasteiger partial charge in [-0.25, -0.2) is 9.78 Å². The SMILES string of the molecule is CC(C)CCn1c(SCC(=O)Nc2ccccc2)nc2c1c(=O)[nH]c(=O)n2C. The Morgan fingerprint density at radius 1 is 1.25 bits per heavy atom. The van der Waals surface area contributed by atoms with E-state index in [4.69, 9.17) is 0 Å². The molecule has 0 saturated heterocycles. The van der Waals surface area contributed by atoms with Crippen molar-refractivity contribution in [3.8, 4) is 0 Å². The number of aromatic amines is 1. The fourth-order valence-corrected chi connectivity index (χ4v) is 3.59. The van der Waals surface area contributed by atoms with Gasteiger partial charge in [0.15, 0.2) is 16.3 Å². The number of aryl methyl sites for hydroxylation is 2. The third kappa shape index (κ3) is 4.36. The zero-order chi connectivity index (χ0) is 20.3. The standard InChI is InChI=1S/C19H23N5O3S/c1-12(2)9-10-24-15-16(23(3)18(27)22-17(15)26)21-19(24)28-11-14(25)20-13-7-5-4-6-8-13/h4-8,12H,9-11H2,1-3H3,(H,20,25)(H,22,26,27). The number of carbonyl (C=O) groups excluding carboxylic acids is 1. The van der Waals surface area contributed by atoms with Crippen molar-refractivity contribution in [1.82, 2.24) is 19.1 Å². The third-order valence-electron chi connectivity index (χ3n) is 4.29. The van der Waals surface area contributed by atoms with E-state index in [2.05, 4.69) is 29.1 Å². The van der Waals surface area contributed by atoms with Crippen molar-refractivity contribution in [3.63, 3.8) is 0 Å². The molecule has 0 unspecified atom stereocenters. The molecule has 28 heavy (non-hydrogen) atoms. The van der Waals surface area contributed by atoms with Crippen molar-refractivity contribution in [2.75, 3.05) is 11.1 Å². The molecule has 9 heteroatoms. The molecular weight excluding hydrogens is 378 g/mol. The first-order chi connectivity index (χ1) is 13.4. The lowest BCUT2D eigenvalue weighted by Gasteiger charge is -2.10. The van der Waals surface area contributed by atoms with Gasteiger partial charge in [-0.1, -0.05) is 43.8 Å². The van der Waals surface area contributed by atoms with Crippen molar-refractivity contribution in [3.05, 3.63) is 51.2 Å². The van der Waals surface area contributed by atoms with Crippen LogP contribution in [0.3, 0.4) is 0 Å². The summed E-state index contributed by atoms with van der Waals surface area (Å²) in [5, 5.41) is 3.37. The number of amides is 1. The Balaban J connectivity index is 1.88. The number of H-pyrrole nitrogens is 1. The summed E-state index contributed by atoms with van der Waals surface area (Å²) in [4.78, 5) is 43.4. The number of benzene rings is 1. The van der Waals surface area contributed by atoms with Gasteiger partial charge in [0.2, 0.25) is 5.91 Å². The Hall–Kier alpha value is -2.81. The van der Waals surface area contributed by atoms with Crippen LogP contribution in [0.2, 0.25) is 0 Å². The Bertz CT molecular complexity index is 1100. The van der Waals surface area contributed by atoms with Crippen molar-refractivity contribution < 1.29 is 4.79 Å². The molecule has 2 N–H and O–H groups in total. The molecule has 0 saturated carbocycles. The number of nitrogens with zero attached hydrogens (tertiary/aromatic N) is 3. The first-order valence-corrected chi connectivity index (χ1v) is 10.0. The highest BCUT2D eigenvalue weighted by Gasteiger charge is 2.18. The lowest BCUT2D eigenvalue weighted by molar-refractivity contribution is -0.113. The molecule has 0 atom stereocenters. The zero-order valence-electron chi connectivity index (χ0n) is 16.1. The van der Waals surface area contributed by atoms with Crippen LogP contribution in [-0.4, -0.2) is 30.8 Å². The first-order valence-electron chi connectivity index (χ1n) is 9.04. The number of carbonyl (C=O) groups is 1. The minimum atomic E-state index is -0.510. The van der Waals surface area contributed by atoms with E-state index in [-0.39, 0.29) is 11.7 Å². The molecule has 0 bridgehead atoms. The minimum absolute atomic E-state index is 0.145. The molecule has 1 amide bonds. The largest absolute Gasteiger partial charge is 0.329 e. The monoisotopic (exact) mass is 401 g/mol. The van der Waals surface area contributed by atoms with Gasteiger partial charge in [0.05, 0.1) is 5.75 Å². The summed E-state index contributed by atoms with van der Waals surface area (Å²) in [6.45, 7) is 4.77. The average molecular weight is 401 g/mol. The summed E-state index contributed by atoms with van der Waals surface area (Å²) in [6.07, 6.45) is 0.845. The normalized spacial score (nSPS) is 11.3. The number of thioether (sulfide) groups is 1. The van der Waals surface area contributed by atoms with Gasteiger partial charge in [-0.2, -0.15) is 0 Å². The summed E-state index contributed by atoms with van der Waals surface area (Å²) < 4.78 is 3.12. The van der Waals surface area contributed by atoms with E-state index in [0.717, 1.165) is 12.1 Å². The molecule has 3 rings (SSSR count). The van der Waals surface area contributed by atoms with E-state index < -0.39 is 11.2 Å². The van der Waals surface area contributed by atoms with Crippen molar-refractivity contribution in [2.24, 2.45) is 13.0 Å². The summed E-state index contributed by atoms with van der Waals surface area (Å²) in [7, 11) is 1.57. The summed E-state index contributed by atoms with van der Waals surface area (Å²) in [5.74, 6) is 0.413. The highest BCUT2D eigenvalue weighted by atomic mass is 32.2. The highest BCUT2D eigenvalue weighted by Crippen LogP contribution is 2.23. The molecule has 2 aromatic heterocycles. The van der Waals surface area contributed by atoms with Crippen LogP contribution in [0.5, 0.6) is 0 Å². The van der Waals surface area contributed by atoms with Gasteiger partial charge in [-0.05, 0) is 24.5 Å². The first kappa shape index (κ1) is 19.9. The molecule has 0 fully saturated rings. The molecule has 0 aliphatic carbocycles. The maximum atomic E-state index is 12.4. The number of hydrogen-bond acceptors (Lipinski definition) is 5. The molecule has 0 spiro atoms. The number of para-hydroxylation sites is 1. The van der Waals surface area contributed by atoms with Crippen LogP contribution in [0.15, 0.2) is 45.1 Å². The minimum Gasteiger partial charge on any atom is -0.325 e. The van der Waals surface area contributed by atoms with Gasteiger partial charge in [-0.3, -0.25) is 19.1 Å². The molecule has 0 aliphatic heterocycles. The van der Waals surface area contributed by atoms with E-state index in [1.807, 2.05) is 30.3 Å². The quantitative estimate of drug-likeness (QED) is 0.591. The second-order valence-electron chi connectivity index (χ2n) is 6.92. The average Bonchev–Trinajstić information content (AvgIpc) is 3.03. The van der Waals surface area contributed by atoms with Crippen LogP contribution < -0.4 is 16.6 Å². The molecule has 0 aliphatic rings. The molecule has 148 valence electrons.